The summed E-state index contributed by atoms with van der Waals surface area (Å²) in [6, 6.07) is 0. The molecule has 0 aromatic heterocycles. The molecule has 3 atom stereocenters. The number of carbonyl (C=O) groups excluding carboxylic acids is 1. The second kappa shape index (κ2) is 11.2. The molecule has 2 rings (SSSR count). The molecule has 2 aliphatic rings. The summed E-state index contributed by atoms with van der Waals surface area (Å²) < 4.78 is 4.92. The minimum absolute atomic E-state index is 0. The minimum atomic E-state index is -0.112. The molecule has 0 amide bonds. The Morgan fingerprint density at radius 2 is 1.96 bits per heavy atom. The van der Waals surface area contributed by atoms with Crippen LogP contribution in [0.1, 0.15) is 33.1 Å². The Morgan fingerprint density at radius 3 is 2.56 bits per heavy atom. The topological polar surface area (TPSA) is 57.2 Å². The molecule has 3 unspecified atom stereocenters. The summed E-state index contributed by atoms with van der Waals surface area (Å²) in [4.78, 5) is 21.0. The third-order valence-electron chi connectivity index (χ3n) is 5.25. The predicted molar refractivity (Wildman–Crippen MR) is 112 cm³/mol. The molecule has 0 bridgehead atoms. The first kappa shape index (κ1) is 22.5. The number of nitrogens with one attached hydrogen (secondary N) is 1. The van der Waals surface area contributed by atoms with Crippen LogP contribution in [0.3, 0.4) is 0 Å². The van der Waals surface area contributed by atoms with Gasteiger partial charge in [-0.1, -0.05) is 20.3 Å². The predicted octanol–water partition coefficient (Wildman–Crippen LogP) is 2.04. The number of hydrogen-bond donors (Lipinski definition) is 1. The van der Waals surface area contributed by atoms with Crippen LogP contribution in [0.5, 0.6) is 0 Å². The van der Waals surface area contributed by atoms with E-state index in [4.69, 9.17) is 4.74 Å². The van der Waals surface area contributed by atoms with Gasteiger partial charge in [0.05, 0.1) is 13.0 Å². The number of esters is 1. The van der Waals surface area contributed by atoms with Crippen LogP contribution in [0.2, 0.25) is 0 Å². The molecule has 0 aromatic rings. The lowest BCUT2D eigenvalue weighted by Crippen LogP contribution is -2.44. The Balaban J connectivity index is 0.00000312. The Kier molecular flexibility index (Phi) is 10.1. The van der Waals surface area contributed by atoms with E-state index in [2.05, 4.69) is 34.0 Å². The smallest absolute Gasteiger partial charge is 0.310 e. The van der Waals surface area contributed by atoms with E-state index in [-0.39, 0.29) is 35.9 Å². The Morgan fingerprint density at radius 1 is 1.28 bits per heavy atom. The quantitative estimate of drug-likeness (QED) is 0.291. The number of carbonyl (C=O) groups is 1. The summed E-state index contributed by atoms with van der Waals surface area (Å²) in [7, 11) is 3.28. The van der Waals surface area contributed by atoms with Crippen molar-refractivity contribution in [3.63, 3.8) is 0 Å². The lowest BCUT2D eigenvalue weighted by molar-refractivity contribution is -0.145. The van der Waals surface area contributed by atoms with Gasteiger partial charge in [-0.05, 0) is 37.8 Å². The standard InChI is InChI=1S/C18H34N4O2.HI/c1-14(11-21-8-6-5-7-9-21)10-20-18(19-3)22-12-15(2)16(13-22)17(23)24-4;/h14-16H,5-13H2,1-4H3,(H,19,20);1H. The van der Waals surface area contributed by atoms with E-state index in [9.17, 15) is 4.79 Å². The minimum Gasteiger partial charge on any atom is -0.469 e. The molecule has 1 N–H and O–H groups in total. The van der Waals surface area contributed by atoms with Crippen molar-refractivity contribution in [2.45, 2.75) is 33.1 Å². The highest BCUT2D eigenvalue weighted by molar-refractivity contribution is 14.0. The second-order valence-corrected chi connectivity index (χ2v) is 7.41. The first-order valence-corrected chi connectivity index (χ1v) is 9.31. The first-order chi connectivity index (χ1) is 11.5. The zero-order valence-electron chi connectivity index (χ0n) is 16.2. The summed E-state index contributed by atoms with van der Waals surface area (Å²) in [6.45, 7) is 10.5. The molecule has 2 saturated heterocycles. The molecule has 7 heteroatoms. The third-order valence-corrected chi connectivity index (χ3v) is 5.25. The van der Waals surface area contributed by atoms with E-state index < -0.39 is 0 Å². The Bertz CT molecular complexity index is 441. The van der Waals surface area contributed by atoms with Crippen LogP contribution in [0.15, 0.2) is 4.99 Å². The van der Waals surface area contributed by atoms with Gasteiger partial charge in [0.25, 0.3) is 0 Å². The molecule has 146 valence electrons. The first-order valence-electron chi connectivity index (χ1n) is 9.31. The largest absolute Gasteiger partial charge is 0.469 e. The summed E-state index contributed by atoms with van der Waals surface area (Å²) in [5, 5.41) is 3.50. The van der Waals surface area contributed by atoms with Crippen molar-refractivity contribution < 1.29 is 9.53 Å². The molecule has 0 saturated carbocycles. The molecule has 0 spiro atoms. The molecule has 2 heterocycles. The second-order valence-electron chi connectivity index (χ2n) is 7.41. The fraction of sp³-hybridized carbons (Fsp3) is 0.889. The zero-order chi connectivity index (χ0) is 17.5. The highest BCUT2D eigenvalue weighted by atomic mass is 127. The van der Waals surface area contributed by atoms with Crippen LogP contribution in [-0.2, 0) is 9.53 Å². The summed E-state index contributed by atoms with van der Waals surface area (Å²) in [5.41, 5.74) is 0. The highest BCUT2D eigenvalue weighted by Gasteiger charge is 2.36. The van der Waals surface area contributed by atoms with Crippen molar-refractivity contribution >= 4 is 35.9 Å². The van der Waals surface area contributed by atoms with Gasteiger partial charge in [-0.3, -0.25) is 9.79 Å². The number of guanidine groups is 1. The number of aliphatic imine (C=N–C) groups is 1. The van der Waals surface area contributed by atoms with Crippen LogP contribution in [-0.4, -0.2) is 75.2 Å². The number of ether oxygens (including phenoxy) is 1. The highest BCUT2D eigenvalue weighted by Crippen LogP contribution is 2.24. The fourth-order valence-electron chi connectivity index (χ4n) is 3.84. The van der Waals surface area contributed by atoms with E-state index >= 15 is 0 Å². The van der Waals surface area contributed by atoms with Gasteiger partial charge in [-0.2, -0.15) is 0 Å². The normalized spacial score (nSPS) is 26.1. The average molecular weight is 466 g/mol. The van der Waals surface area contributed by atoms with Crippen molar-refractivity contribution in [3.8, 4) is 0 Å². The fourth-order valence-corrected chi connectivity index (χ4v) is 3.84. The van der Waals surface area contributed by atoms with Gasteiger partial charge in [0, 0.05) is 33.2 Å². The van der Waals surface area contributed by atoms with Gasteiger partial charge in [-0.15, -0.1) is 24.0 Å². The zero-order valence-corrected chi connectivity index (χ0v) is 18.5. The van der Waals surface area contributed by atoms with Crippen molar-refractivity contribution in [3.05, 3.63) is 0 Å². The van der Waals surface area contributed by atoms with E-state index in [1.54, 1.807) is 0 Å². The number of likely N-dealkylation sites (tertiary alicyclic amines) is 2. The van der Waals surface area contributed by atoms with Crippen LogP contribution in [0.4, 0.5) is 0 Å². The van der Waals surface area contributed by atoms with Gasteiger partial charge >= 0.3 is 5.97 Å². The molecule has 0 aromatic carbocycles. The SMILES string of the molecule is CN=C(NCC(C)CN1CCCCC1)N1CC(C)C(C(=O)OC)C1.I. The van der Waals surface area contributed by atoms with Crippen molar-refractivity contribution in [2.24, 2.45) is 22.7 Å². The van der Waals surface area contributed by atoms with Crippen molar-refractivity contribution in [1.82, 2.24) is 15.1 Å². The van der Waals surface area contributed by atoms with Crippen molar-refractivity contribution in [1.29, 1.82) is 0 Å². The van der Waals surface area contributed by atoms with E-state index in [0.717, 1.165) is 25.6 Å². The summed E-state index contributed by atoms with van der Waals surface area (Å²) in [5.74, 6) is 1.61. The van der Waals surface area contributed by atoms with Crippen LogP contribution in [0.25, 0.3) is 0 Å². The van der Waals surface area contributed by atoms with Crippen LogP contribution >= 0.6 is 24.0 Å². The number of rotatable bonds is 5. The molecule has 2 aliphatic heterocycles. The maximum Gasteiger partial charge on any atom is 0.310 e. The van der Waals surface area contributed by atoms with Gasteiger partial charge in [0.2, 0.25) is 0 Å². The van der Waals surface area contributed by atoms with Gasteiger partial charge < -0.3 is 19.9 Å². The summed E-state index contributed by atoms with van der Waals surface area (Å²) >= 11 is 0. The molecular weight excluding hydrogens is 431 g/mol. The number of hydrogen-bond acceptors (Lipinski definition) is 4. The number of methoxy groups -OCH3 is 1. The van der Waals surface area contributed by atoms with Gasteiger partial charge in [0.15, 0.2) is 5.96 Å². The molecule has 25 heavy (non-hydrogen) atoms. The molecule has 0 aliphatic carbocycles. The lowest BCUT2D eigenvalue weighted by atomic mass is 9.99. The molecule has 6 nitrogen and oxygen atoms in total. The maximum absolute atomic E-state index is 11.9. The monoisotopic (exact) mass is 466 g/mol. The summed E-state index contributed by atoms with van der Waals surface area (Å²) in [6.07, 6.45) is 4.05. The van der Waals surface area contributed by atoms with Crippen LogP contribution in [0, 0.1) is 17.8 Å². The number of nitrogens with zero attached hydrogens (tertiary/aromatic N) is 3. The van der Waals surface area contributed by atoms with Gasteiger partial charge in [0.1, 0.15) is 0 Å². The van der Waals surface area contributed by atoms with Gasteiger partial charge in [-0.25, -0.2) is 0 Å². The molecule has 0 radical (unpaired) electrons. The number of halogens is 1. The Labute approximate surface area is 169 Å². The van der Waals surface area contributed by atoms with Crippen molar-refractivity contribution in [2.75, 3.05) is 53.4 Å². The van der Waals surface area contributed by atoms with E-state index in [1.165, 1.54) is 39.5 Å². The lowest BCUT2D eigenvalue weighted by Gasteiger charge is -2.30. The average Bonchev–Trinajstić information content (AvgIpc) is 2.97. The third kappa shape index (κ3) is 6.58. The molecular formula is C18H35IN4O2. The Hall–Kier alpha value is -0.570. The van der Waals surface area contributed by atoms with Crippen LogP contribution < -0.4 is 5.32 Å². The van der Waals surface area contributed by atoms with E-state index in [0.29, 0.717) is 18.4 Å². The molecule has 2 fully saturated rings. The van der Waals surface area contributed by atoms with E-state index in [1.807, 2.05) is 7.05 Å². The number of piperidine rings is 1. The maximum atomic E-state index is 11.9.